The summed E-state index contributed by atoms with van der Waals surface area (Å²) in [6.45, 7) is 0.632. The first-order valence-electron chi connectivity index (χ1n) is 7.32. The van der Waals surface area contributed by atoms with Crippen molar-refractivity contribution in [1.29, 1.82) is 0 Å². The second-order valence-electron chi connectivity index (χ2n) is 5.07. The lowest BCUT2D eigenvalue weighted by molar-refractivity contribution is -0.126. The molecule has 1 aromatic heterocycles. The van der Waals surface area contributed by atoms with Gasteiger partial charge in [0.25, 0.3) is 5.91 Å². The average molecular weight is 364 g/mol. The van der Waals surface area contributed by atoms with Gasteiger partial charge < -0.3 is 15.4 Å². The Hall–Kier alpha value is -3.43. The fourth-order valence-corrected chi connectivity index (χ4v) is 1.71. The van der Waals surface area contributed by atoms with E-state index in [1.54, 1.807) is 6.92 Å². The summed E-state index contributed by atoms with van der Waals surface area (Å²) in [5.41, 5.74) is 0.596. The summed E-state index contributed by atoms with van der Waals surface area (Å²) < 4.78 is 30.5. The van der Waals surface area contributed by atoms with Gasteiger partial charge in [-0.15, -0.1) is 0 Å². The Morgan fingerprint density at radius 2 is 1.85 bits per heavy atom. The quantitative estimate of drug-likeness (QED) is 0.739. The van der Waals surface area contributed by atoms with E-state index in [1.807, 2.05) is 0 Å². The number of esters is 1. The molecule has 1 heterocycles. The van der Waals surface area contributed by atoms with Crippen LogP contribution in [0.1, 0.15) is 16.2 Å². The zero-order valence-corrected chi connectivity index (χ0v) is 13.6. The summed E-state index contributed by atoms with van der Waals surface area (Å²) in [5, 5.41) is 4.49. The topological polar surface area (TPSA) is 110 Å². The molecule has 0 radical (unpaired) electrons. The highest BCUT2D eigenvalue weighted by Gasteiger charge is 2.13. The van der Waals surface area contributed by atoms with E-state index < -0.39 is 42.6 Å². The fourth-order valence-electron chi connectivity index (χ4n) is 1.71. The van der Waals surface area contributed by atoms with Crippen molar-refractivity contribution in [3.8, 4) is 0 Å². The Kier molecular flexibility index (Phi) is 6.25. The molecular weight excluding hydrogens is 350 g/mol. The highest BCUT2D eigenvalue weighted by atomic mass is 19.2. The molecule has 2 amide bonds. The molecule has 0 atom stereocenters. The Balaban J connectivity index is 1.73. The largest absolute Gasteiger partial charge is 0.451 e. The van der Waals surface area contributed by atoms with Crippen molar-refractivity contribution in [2.75, 3.05) is 18.5 Å². The number of benzene rings is 1. The van der Waals surface area contributed by atoms with Gasteiger partial charge in [-0.2, -0.15) is 0 Å². The average Bonchev–Trinajstić information content (AvgIpc) is 2.61. The molecule has 0 saturated heterocycles. The van der Waals surface area contributed by atoms with E-state index in [4.69, 9.17) is 4.74 Å². The lowest BCUT2D eigenvalue weighted by atomic mass is 10.3. The van der Waals surface area contributed by atoms with Gasteiger partial charge in [0.2, 0.25) is 5.91 Å². The van der Waals surface area contributed by atoms with E-state index in [9.17, 15) is 23.2 Å². The van der Waals surface area contributed by atoms with E-state index >= 15 is 0 Å². The predicted octanol–water partition coefficient (Wildman–Crippen LogP) is 0.975. The predicted molar refractivity (Wildman–Crippen MR) is 85.0 cm³/mol. The summed E-state index contributed by atoms with van der Waals surface area (Å²) in [6.07, 6.45) is 2.59. The van der Waals surface area contributed by atoms with Crippen LogP contribution in [0.3, 0.4) is 0 Å². The molecule has 0 spiro atoms. The third kappa shape index (κ3) is 5.58. The van der Waals surface area contributed by atoms with Gasteiger partial charge in [0, 0.05) is 18.0 Å². The minimum Gasteiger partial charge on any atom is -0.451 e. The van der Waals surface area contributed by atoms with Crippen LogP contribution in [-0.4, -0.2) is 40.9 Å². The molecule has 10 heteroatoms. The fraction of sp³-hybridized carbons (Fsp3) is 0.188. The van der Waals surface area contributed by atoms with Gasteiger partial charge in [0.05, 0.1) is 18.4 Å². The lowest BCUT2D eigenvalue weighted by Gasteiger charge is -2.08. The molecule has 0 aliphatic carbocycles. The van der Waals surface area contributed by atoms with Crippen LogP contribution in [-0.2, 0) is 14.3 Å². The second-order valence-corrected chi connectivity index (χ2v) is 5.07. The number of nitrogens with zero attached hydrogens (tertiary/aromatic N) is 2. The van der Waals surface area contributed by atoms with Crippen LogP contribution in [0, 0.1) is 18.6 Å². The van der Waals surface area contributed by atoms with Crippen molar-refractivity contribution in [3.05, 3.63) is 53.6 Å². The Labute approximate surface area is 146 Å². The molecule has 0 aliphatic heterocycles. The van der Waals surface area contributed by atoms with E-state index in [0.717, 1.165) is 12.1 Å². The molecule has 2 rings (SSSR count). The summed E-state index contributed by atoms with van der Waals surface area (Å²) in [5.74, 6) is -4.38. The number of amides is 2. The standard InChI is InChI=1S/C16H14F2N4O4/c1-9-5-20-13(6-19-9)16(25)26-8-15(24)21-7-14(23)22-10-2-3-11(17)12(18)4-10/h2-6H,7-8H2,1H3,(H,21,24)(H,22,23). The highest BCUT2D eigenvalue weighted by molar-refractivity contribution is 5.95. The molecule has 0 aliphatic rings. The van der Waals surface area contributed by atoms with Crippen molar-refractivity contribution in [2.45, 2.75) is 6.92 Å². The first-order chi connectivity index (χ1) is 12.3. The second kappa shape index (κ2) is 8.60. The third-order valence-electron chi connectivity index (χ3n) is 2.97. The summed E-state index contributed by atoms with van der Waals surface area (Å²) in [7, 11) is 0. The van der Waals surface area contributed by atoms with Crippen LogP contribution in [0.4, 0.5) is 14.5 Å². The molecule has 26 heavy (non-hydrogen) atoms. The number of anilines is 1. The minimum absolute atomic E-state index is 0.0347. The molecule has 0 unspecified atom stereocenters. The smallest absolute Gasteiger partial charge is 0.359 e. The van der Waals surface area contributed by atoms with Gasteiger partial charge in [0.15, 0.2) is 23.9 Å². The molecule has 8 nitrogen and oxygen atoms in total. The Morgan fingerprint density at radius 3 is 2.50 bits per heavy atom. The molecular formula is C16H14F2N4O4. The van der Waals surface area contributed by atoms with Crippen LogP contribution in [0.2, 0.25) is 0 Å². The molecule has 0 bridgehead atoms. The Bertz CT molecular complexity index is 827. The maximum atomic E-state index is 13.0. The zero-order chi connectivity index (χ0) is 19.1. The molecule has 2 aromatic rings. The molecule has 0 fully saturated rings. The maximum Gasteiger partial charge on any atom is 0.359 e. The highest BCUT2D eigenvalue weighted by Crippen LogP contribution is 2.12. The SMILES string of the molecule is Cc1cnc(C(=O)OCC(=O)NCC(=O)Nc2ccc(F)c(F)c2)cn1. The van der Waals surface area contributed by atoms with Gasteiger partial charge in [-0.25, -0.2) is 18.6 Å². The third-order valence-corrected chi connectivity index (χ3v) is 2.97. The number of aromatic nitrogens is 2. The van der Waals surface area contributed by atoms with Gasteiger partial charge >= 0.3 is 5.97 Å². The first-order valence-corrected chi connectivity index (χ1v) is 7.32. The number of hydrogen-bond acceptors (Lipinski definition) is 6. The van der Waals surface area contributed by atoms with E-state index in [2.05, 4.69) is 20.6 Å². The monoisotopic (exact) mass is 364 g/mol. The number of hydrogen-bond donors (Lipinski definition) is 2. The van der Waals surface area contributed by atoms with Crippen molar-refractivity contribution in [1.82, 2.24) is 15.3 Å². The lowest BCUT2D eigenvalue weighted by Crippen LogP contribution is -2.35. The number of ether oxygens (including phenoxy) is 1. The molecule has 2 N–H and O–H groups in total. The zero-order valence-electron chi connectivity index (χ0n) is 13.6. The number of carbonyl (C=O) groups is 3. The maximum absolute atomic E-state index is 13.0. The van der Waals surface area contributed by atoms with Crippen LogP contribution in [0.25, 0.3) is 0 Å². The van der Waals surface area contributed by atoms with Crippen LogP contribution >= 0.6 is 0 Å². The summed E-state index contributed by atoms with van der Waals surface area (Å²) in [6, 6.07) is 2.83. The number of rotatable bonds is 6. The Morgan fingerprint density at radius 1 is 1.08 bits per heavy atom. The minimum atomic E-state index is -1.11. The van der Waals surface area contributed by atoms with Crippen molar-refractivity contribution >= 4 is 23.5 Å². The van der Waals surface area contributed by atoms with Gasteiger partial charge in [0.1, 0.15) is 0 Å². The number of aryl methyl sites for hydroxylation is 1. The van der Waals surface area contributed by atoms with Crippen molar-refractivity contribution in [3.63, 3.8) is 0 Å². The summed E-state index contributed by atoms with van der Waals surface area (Å²) >= 11 is 0. The van der Waals surface area contributed by atoms with Crippen molar-refractivity contribution < 1.29 is 27.9 Å². The molecule has 1 aromatic carbocycles. The summed E-state index contributed by atoms with van der Waals surface area (Å²) in [4.78, 5) is 42.5. The number of carbonyl (C=O) groups excluding carboxylic acids is 3. The van der Waals surface area contributed by atoms with Crippen LogP contribution in [0.5, 0.6) is 0 Å². The number of halogens is 2. The van der Waals surface area contributed by atoms with Crippen molar-refractivity contribution in [2.24, 2.45) is 0 Å². The van der Waals surface area contributed by atoms with Gasteiger partial charge in [-0.3, -0.25) is 14.6 Å². The van der Waals surface area contributed by atoms with Crippen LogP contribution < -0.4 is 10.6 Å². The molecule has 0 saturated carbocycles. The van der Waals surface area contributed by atoms with Crippen LogP contribution in [0.15, 0.2) is 30.6 Å². The van der Waals surface area contributed by atoms with Gasteiger partial charge in [-0.05, 0) is 19.1 Å². The number of nitrogens with one attached hydrogen (secondary N) is 2. The normalized spacial score (nSPS) is 10.1. The first kappa shape index (κ1) is 18.9. The van der Waals surface area contributed by atoms with Gasteiger partial charge in [-0.1, -0.05) is 0 Å². The molecule has 136 valence electrons. The van der Waals surface area contributed by atoms with E-state index in [0.29, 0.717) is 5.69 Å². The van der Waals surface area contributed by atoms with E-state index in [1.165, 1.54) is 18.5 Å². The van der Waals surface area contributed by atoms with E-state index in [-0.39, 0.29) is 11.4 Å².